The van der Waals surface area contributed by atoms with Gasteiger partial charge in [-0.25, -0.2) is 0 Å². The summed E-state index contributed by atoms with van der Waals surface area (Å²) in [6, 6.07) is 6.46. The molecule has 0 aromatic heterocycles. The van der Waals surface area contributed by atoms with E-state index in [2.05, 4.69) is 10.6 Å². The van der Waals surface area contributed by atoms with E-state index in [-0.39, 0.29) is 36.2 Å². The van der Waals surface area contributed by atoms with Gasteiger partial charge >= 0.3 is 0 Å². The molecule has 27 heavy (non-hydrogen) atoms. The third-order valence-corrected chi connectivity index (χ3v) is 4.95. The third kappa shape index (κ3) is 6.40. The second-order valence-electron chi connectivity index (χ2n) is 7.19. The van der Waals surface area contributed by atoms with Gasteiger partial charge in [-0.05, 0) is 62.4 Å². The number of nitrogens with one attached hydrogen (secondary N) is 2. The lowest BCUT2D eigenvalue weighted by molar-refractivity contribution is -0.124. The van der Waals surface area contributed by atoms with Gasteiger partial charge in [0.05, 0.1) is 6.61 Å². The van der Waals surface area contributed by atoms with E-state index in [4.69, 9.17) is 10.5 Å². The predicted octanol–water partition coefficient (Wildman–Crippen LogP) is 2.51. The Morgan fingerprint density at radius 2 is 1.89 bits per heavy atom. The predicted molar refractivity (Wildman–Crippen MR) is 109 cm³/mol. The maximum absolute atomic E-state index is 12.7. The second kappa shape index (κ2) is 11.1. The molecule has 152 valence electrons. The fourth-order valence-electron chi connectivity index (χ4n) is 3.41. The molecule has 2 rings (SSSR count). The van der Waals surface area contributed by atoms with Crippen molar-refractivity contribution in [3.63, 3.8) is 0 Å². The third-order valence-electron chi connectivity index (χ3n) is 4.95. The molecule has 4 N–H and O–H groups in total. The minimum Gasteiger partial charge on any atom is -0.494 e. The number of hydrogen-bond acceptors (Lipinski definition) is 4. The zero-order valence-corrected chi connectivity index (χ0v) is 17.2. The molecule has 1 aliphatic carbocycles. The molecule has 1 aliphatic rings. The van der Waals surface area contributed by atoms with Crippen molar-refractivity contribution in [1.82, 2.24) is 10.6 Å². The first kappa shape index (κ1) is 23.2. The van der Waals surface area contributed by atoms with E-state index in [1.165, 1.54) is 0 Å². The molecule has 1 aromatic carbocycles. The van der Waals surface area contributed by atoms with Crippen LogP contribution in [-0.4, -0.2) is 37.0 Å². The normalized spacial score (nSPS) is 19.9. The standard InChI is InChI=1S/C20H31N3O3.ClH/c1-4-26-16-10-8-14(9-11-16)19(24)23-18(13(2)3)20(25)22-17-7-5-6-15(17)12-21;/h8-11,13,15,17-18H,4-7,12,21H2,1-3H3,(H,22,25)(H,23,24);1H. The summed E-state index contributed by atoms with van der Waals surface area (Å²) >= 11 is 0. The Labute approximate surface area is 168 Å². The Balaban J connectivity index is 0.00000364. The quantitative estimate of drug-likeness (QED) is 0.628. The van der Waals surface area contributed by atoms with Gasteiger partial charge in [0, 0.05) is 11.6 Å². The highest BCUT2D eigenvalue weighted by Crippen LogP contribution is 2.24. The summed E-state index contributed by atoms with van der Waals surface area (Å²) in [5.41, 5.74) is 6.30. The van der Waals surface area contributed by atoms with Crippen molar-refractivity contribution < 1.29 is 14.3 Å². The Morgan fingerprint density at radius 3 is 2.44 bits per heavy atom. The van der Waals surface area contributed by atoms with Crippen LogP contribution in [0.25, 0.3) is 0 Å². The molecule has 7 heteroatoms. The zero-order valence-electron chi connectivity index (χ0n) is 16.4. The molecule has 2 amide bonds. The van der Waals surface area contributed by atoms with Crippen molar-refractivity contribution in [3.8, 4) is 5.75 Å². The zero-order chi connectivity index (χ0) is 19.1. The topological polar surface area (TPSA) is 93.4 Å². The number of amides is 2. The van der Waals surface area contributed by atoms with Crippen LogP contribution in [0.2, 0.25) is 0 Å². The van der Waals surface area contributed by atoms with Gasteiger partial charge in [0.15, 0.2) is 0 Å². The van der Waals surface area contributed by atoms with Gasteiger partial charge in [-0.2, -0.15) is 0 Å². The molecule has 0 aliphatic heterocycles. The van der Waals surface area contributed by atoms with E-state index in [1.54, 1.807) is 24.3 Å². The van der Waals surface area contributed by atoms with E-state index >= 15 is 0 Å². The van der Waals surface area contributed by atoms with Crippen LogP contribution in [0.3, 0.4) is 0 Å². The van der Waals surface area contributed by atoms with Gasteiger partial charge in [-0.1, -0.05) is 20.3 Å². The fourth-order valence-corrected chi connectivity index (χ4v) is 3.41. The molecule has 1 saturated carbocycles. The van der Waals surface area contributed by atoms with Crippen LogP contribution in [0.15, 0.2) is 24.3 Å². The molecule has 3 unspecified atom stereocenters. The first-order valence-corrected chi connectivity index (χ1v) is 9.50. The molecule has 0 heterocycles. The van der Waals surface area contributed by atoms with E-state index in [9.17, 15) is 9.59 Å². The number of ether oxygens (including phenoxy) is 1. The van der Waals surface area contributed by atoms with E-state index in [1.807, 2.05) is 20.8 Å². The molecule has 1 aromatic rings. The Morgan fingerprint density at radius 1 is 1.22 bits per heavy atom. The van der Waals surface area contributed by atoms with Crippen molar-refractivity contribution in [3.05, 3.63) is 29.8 Å². The van der Waals surface area contributed by atoms with Crippen LogP contribution in [0.1, 0.15) is 50.4 Å². The summed E-state index contributed by atoms with van der Waals surface area (Å²) in [5, 5.41) is 5.96. The molecule has 0 bridgehead atoms. The molecule has 0 saturated heterocycles. The number of benzene rings is 1. The molecule has 0 radical (unpaired) electrons. The SMILES string of the molecule is CCOc1ccc(C(=O)NC(C(=O)NC2CCCC2CN)C(C)C)cc1.Cl. The molecule has 0 spiro atoms. The molecule has 1 fully saturated rings. The molecular formula is C20H32ClN3O3. The number of hydrogen-bond donors (Lipinski definition) is 3. The summed E-state index contributed by atoms with van der Waals surface area (Å²) in [4.78, 5) is 25.3. The Hall–Kier alpha value is -1.79. The van der Waals surface area contributed by atoms with E-state index in [0.717, 1.165) is 25.0 Å². The van der Waals surface area contributed by atoms with Crippen molar-refractivity contribution in [1.29, 1.82) is 0 Å². The van der Waals surface area contributed by atoms with Crippen molar-refractivity contribution in [2.75, 3.05) is 13.2 Å². The summed E-state index contributed by atoms with van der Waals surface area (Å²) in [7, 11) is 0. The number of rotatable bonds is 8. The monoisotopic (exact) mass is 397 g/mol. The summed E-state index contributed by atoms with van der Waals surface area (Å²) in [5.74, 6) is 0.637. The van der Waals surface area contributed by atoms with Crippen LogP contribution in [0.4, 0.5) is 0 Å². The van der Waals surface area contributed by atoms with Gasteiger partial charge in [0.25, 0.3) is 5.91 Å². The van der Waals surface area contributed by atoms with Gasteiger partial charge < -0.3 is 21.1 Å². The Bertz CT molecular complexity index is 607. The maximum Gasteiger partial charge on any atom is 0.251 e. The molecular weight excluding hydrogens is 366 g/mol. The average molecular weight is 398 g/mol. The van der Waals surface area contributed by atoms with Crippen molar-refractivity contribution in [2.24, 2.45) is 17.6 Å². The molecule has 3 atom stereocenters. The largest absolute Gasteiger partial charge is 0.494 e. The first-order chi connectivity index (χ1) is 12.5. The van der Waals surface area contributed by atoms with Crippen LogP contribution in [0.5, 0.6) is 5.75 Å². The highest BCUT2D eigenvalue weighted by atomic mass is 35.5. The average Bonchev–Trinajstić information content (AvgIpc) is 3.07. The summed E-state index contributed by atoms with van der Waals surface area (Å²) in [6.07, 6.45) is 3.08. The van der Waals surface area contributed by atoms with Crippen LogP contribution in [0, 0.1) is 11.8 Å². The lowest BCUT2D eigenvalue weighted by atomic mass is 10.00. The number of nitrogens with two attached hydrogens (primary N) is 1. The minimum absolute atomic E-state index is 0. The van der Waals surface area contributed by atoms with Crippen LogP contribution in [-0.2, 0) is 4.79 Å². The van der Waals surface area contributed by atoms with Gasteiger partial charge in [-0.3, -0.25) is 9.59 Å². The first-order valence-electron chi connectivity index (χ1n) is 9.50. The minimum atomic E-state index is -0.576. The van der Waals surface area contributed by atoms with Gasteiger partial charge in [0.2, 0.25) is 5.91 Å². The molecule has 6 nitrogen and oxygen atoms in total. The lowest BCUT2D eigenvalue weighted by Crippen LogP contribution is -2.53. The van der Waals surface area contributed by atoms with Crippen LogP contribution >= 0.6 is 12.4 Å². The highest BCUT2D eigenvalue weighted by Gasteiger charge is 2.31. The fraction of sp³-hybridized carbons (Fsp3) is 0.600. The second-order valence-corrected chi connectivity index (χ2v) is 7.19. The van der Waals surface area contributed by atoms with Crippen molar-refractivity contribution >= 4 is 24.2 Å². The highest BCUT2D eigenvalue weighted by molar-refractivity contribution is 5.97. The van der Waals surface area contributed by atoms with E-state index in [0.29, 0.717) is 24.6 Å². The Kier molecular flexibility index (Phi) is 9.60. The van der Waals surface area contributed by atoms with E-state index < -0.39 is 6.04 Å². The smallest absolute Gasteiger partial charge is 0.251 e. The lowest BCUT2D eigenvalue weighted by Gasteiger charge is -2.26. The number of carbonyl (C=O) groups is 2. The van der Waals surface area contributed by atoms with Gasteiger partial charge in [0.1, 0.15) is 11.8 Å². The van der Waals surface area contributed by atoms with Crippen LogP contribution < -0.4 is 21.1 Å². The summed E-state index contributed by atoms with van der Waals surface area (Å²) < 4.78 is 5.39. The maximum atomic E-state index is 12.7. The number of carbonyl (C=O) groups excluding carboxylic acids is 2. The van der Waals surface area contributed by atoms with Crippen molar-refractivity contribution in [2.45, 2.75) is 52.1 Å². The van der Waals surface area contributed by atoms with Gasteiger partial charge in [-0.15, -0.1) is 12.4 Å². The summed E-state index contributed by atoms with van der Waals surface area (Å²) in [6.45, 7) is 6.92. The number of halogens is 1.